The van der Waals surface area contributed by atoms with Crippen molar-refractivity contribution in [2.75, 3.05) is 0 Å². The molecule has 0 radical (unpaired) electrons. The van der Waals surface area contributed by atoms with E-state index in [0.717, 1.165) is 58.9 Å². The molecule has 0 bridgehead atoms. The van der Waals surface area contributed by atoms with E-state index < -0.39 is 19.1 Å². The van der Waals surface area contributed by atoms with E-state index in [0.29, 0.717) is 4.78 Å². The third-order valence-electron chi connectivity index (χ3n) is 7.24. The van der Waals surface area contributed by atoms with E-state index in [9.17, 15) is 10.2 Å². The maximum absolute atomic E-state index is 9.75. The summed E-state index contributed by atoms with van der Waals surface area (Å²) in [4.78, 5) is 19.3. The summed E-state index contributed by atoms with van der Waals surface area (Å²) in [6.07, 6.45) is 0. The van der Waals surface area contributed by atoms with Gasteiger partial charge in [0.15, 0.2) is 0 Å². The number of carboxylic acid groups (broad SMARTS) is 2. The van der Waals surface area contributed by atoms with Crippen LogP contribution in [0.5, 0.6) is 11.5 Å². The molecule has 2 aromatic heterocycles. The number of phenols is 2. The Kier molecular flexibility index (Phi) is 22.0. The third kappa shape index (κ3) is 14.9. The fourth-order valence-electron chi connectivity index (χ4n) is 4.94. The molecule has 2 heterocycles. The Labute approximate surface area is 378 Å². The average Bonchev–Trinajstić information content (AvgIpc) is 3.77. The number of rotatable bonds is 2. The minimum Gasteiger partial charge on any atom is -0.507 e. The number of benzene rings is 6. The molecule has 0 atom stereocenters. The van der Waals surface area contributed by atoms with Crippen molar-refractivity contribution in [1.29, 1.82) is 0 Å². The predicted octanol–water partition coefficient (Wildman–Crippen LogP) is 12.3. The first kappa shape index (κ1) is 51.4. The number of aromatic hydroxyl groups is 2. The summed E-state index contributed by atoms with van der Waals surface area (Å²) in [5, 5.41) is 58.4. The summed E-state index contributed by atoms with van der Waals surface area (Å²) in [6, 6.07) is 39.8. The van der Waals surface area contributed by atoms with E-state index in [-0.39, 0.29) is 46.8 Å². The van der Waals surface area contributed by atoms with Gasteiger partial charge in [-0.15, -0.1) is 22.7 Å². The molecule has 15 heteroatoms. The fourth-order valence-corrected chi connectivity index (χ4v) is 8.30. The second-order valence-electron chi connectivity index (χ2n) is 11.3. The zero-order chi connectivity index (χ0) is 39.5. The van der Waals surface area contributed by atoms with Gasteiger partial charge in [0.1, 0.15) is 11.5 Å². The molecule has 8 aromatic rings. The van der Waals surface area contributed by atoms with Gasteiger partial charge in [-0.05, 0) is 124 Å². The average molecular weight is 1090 g/mol. The molecule has 8 rings (SSSR count). The van der Waals surface area contributed by atoms with Gasteiger partial charge in [-0.1, -0.05) is 97.5 Å². The Morgan fingerprint density at radius 2 is 1.00 bits per heavy atom. The van der Waals surface area contributed by atoms with Crippen LogP contribution in [-0.2, 0) is 30.0 Å². The third-order valence-corrected chi connectivity index (χ3v) is 11.7. The molecule has 0 saturated carbocycles. The predicted molar refractivity (Wildman–Crippen MR) is 247 cm³/mol. The molecule has 8 nitrogen and oxygen atoms in total. The quantitative estimate of drug-likeness (QED) is 0.0935. The van der Waals surface area contributed by atoms with Gasteiger partial charge in [-0.2, -0.15) is 0 Å². The first-order valence-electron chi connectivity index (χ1n) is 15.8. The van der Waals surface area contributed by atoms with Gasteiger partial charge < -0.3 is 30.5 Å². The van der Waals surface area contributed by atoms with Crippen molar-refractivity contribution in [3.8, 4) is 21.9 Å². The first-order chi connectivity index (χ1) is 25.6. The van der Waals surface area contributed by atoms with Gasteiger partial charge in [-0.25, -0.2) is 0 Å². The van der Waals surface area contributed by atoms with Crippen LogP contribution in [0.3, 0.4) is 0 Å². The molecule has 0 spiro atoms. The molecule has 0 fully saturated rings. The molecule has 0 saturated heterocycles. The largest absolute Gasteiger partial charge is 0.507 e. The zero-order valence-corrected chi connectivity index (χ0v) is 36.8. The van der Waals surface area contributed by atoms with Gasteiger partial charge in [0, 0.05) is 57.8 Å². The minimum absolute atomic E-state index is 0. The Bertz CT molecular complexity index is 2480. The first-order valence-corrected chi connectivity index (χ1v) is 19.9. The van der Waals surface area contributed by atoms with Crippen LogP contribution in [0, 0.1) is 0 Å². The van der Waals surface area contributed by atoms with Crippen molar-refractivity contribution in [3.63, 3.8) is 0 Å². The molecule has 0 unspecified atom stereocenters. The van der Waals surface area contributed by atoms with Crippen LogP contribution in [0.25, 0.3) is 52.2 Å². The van der Waals surface area contributed by atoms with Gasteiger partial charge >= 0.3 is 7.12 Å². The normalized spacial score (nSPS) is 9.67. The summed E-state index contributed by atoms with van der Waals surface area (Å²) in [7, 11) is -1.35. The molecular formula is C42H40BBr3O8PdS2. The van der Waals surface area contributed by atoms with Crippen molar-refractivity contribution in [3.05, 3.63) is 135 Å². The van der Waals surface area contributed by atoms with Crippen LogP contribution in [0.4, 0.5) is 0 Å². The van der Waals surface area contributed by atoms with Crippen molar-refractivity contribution in [2.45, 2.75) is 28.7 Å². The van der Waals surface area contributed by atoms with Gasteiger partial charge in [-0.3, -0.25) is 9.59 Å². The van der Waals surface area contributed by atoms with Crippen molar-refractivity contribution >= 4 is 136 Å². The van der Waals surface area contributed by atoms with Crippen molar-refractivity contribution in [1.82, 2.24) is 0 Å². The molecule has 302 valence electrons. The number of thiophene rings is 2. The van der Waals surface area contributed by atoms with Crippen LogP contribution in [-0.4, -0.2) is 49.5 Å². The van der Waals surface area contributed by atoms with Crippen LogP contribution >= 0.6 is 70.5 Å². The van der Waals surface area contributed by atoms with Crippen LogP contribution in [0.1, 0.15) is 28.7 Å². The second kappa shape index (κ2) is 24.3. The van der Waals surface area contributed by atoms with Crippen LogP contribution < -0.4 is 4.78 Å². The molecule has 6 aromatic carbocycles. The van der Waals surface area contributed by atoms with E-state index in [1.54, 1.807) is 29.5 Å². The maximum Gasteiger partial charge on any atom is 0.499 e. The van der Waals surface area contributed by atoms with E-state index in [1.807, 2.05) is 54.6 Å². The number of carbonyl (C=O) groups is 2. The summed E-state index contributed by atoms with van der Waals surface area (Å²) in [6.45, 7) is 2.17. The number of halogens is 3. The molecule has 6 N–H and O–H groups in total. The molecule has 0 aliphatic carbocycles. The summed E-state index contributed by atoms with van der Waals surface area (Å²) in [5.74, 6) is -1.12. The van der Waals surface area contributed by atoms with Gasteiger partial charge in [0.05, 0.1) is 8.95 Å². The molecule has 0 aliphatic rings. The van der Waals surface area contributed by atoms with Gasteiger partial charge in [0.25, 0.3) is 11.9 Å². The van der Waals surface area contributed by atoms with E-state index in [4.69, 9.17) is 29.9 Å². The van der Waals surface area contributed by atoms with E-state index in [1.165, 1.54) is 31.9 Å². The topological polar surface area (TPSA) is 156 Å². The number of aliphatic carboxylic acids is 2. The molecule has 0 aliphatic heterocycles. The number of phenolic OH excluding ortho intramolecular Hbond substituents is 2. The SMILES string of the molecule is C.C.CC(=O)O.CC(=O)O.OB(O)c1cc2ccccc2s1.Oc1ccc2cc(-c3cc4ccccc4s3)ccc2c1Br.Oc1ccc2cc(Br)ccc2c1Br.[Pd]. The number of carboxylic acids is 2. The standard InChI is InChI=1S/C18H11BrOS.C10H6Br2O.C8H7BO2S.2C2H4O2.2CH4.Pd/c19-18-14-7-5-13(9-11(14)6-8-15(18)20)17-10-12-3-1-2-4-16(12)21-17;11-7-2-3-8-6(5-7)1-4-9(13)10(8)12;10-9(11)8-5-6-3-1-2-4-7(6)12-8;2*1-2(3)4;;;/h1-10,20H;1-5,13H;1-5,10-11H;2*1H3,(H,3,4);2*1H4;. The zero-order valence-electron chi connectivity index (χ0n) is 28.9. The van der Waals surface area contributed by atoms with E-state index in [2.05, 4.69) is 96.3 Å². The fraction of sp³-hybridized carbons (Fsp3) is 0.0952. The molecule has 57 heavy (non-hydrogen) atoms. The second-order valence-corrected chi connectivity index (χ2v) is 16.0. The Morgan fingerprint density at radius 3 is 1.47 bits per heavy atom. The van der Waals surface area contributed by atoms with Crippen molar-refractivity contribution < 1.29 is 60.5 Å². The Hall–Kier alpha value is -3.61. The minimum atomic E-state index is -1.35. The number of fused-ring (bicyclic) bond motifs is 4. The monoisotopic (exact) mass is 1090 g/mol. The summed E-state index contributed by atoms with van der Waals surface area (Å²) < 4.78 is 5.52. The smallest absolute Gasteiger partial charge is 0.499 e. The Balaban J connectivity index is 0.000000395. The van der Waals surface area contributed by atoms with Gasteiger partial charge in [0.2, 0.25) is 0 Å². The number of hydrogen-bond acceptors (Lipinski definition) is 8. The van der Waals surface area contributed by atoms with Crippen LogP contribution in [0.2, 0.25) is 0 Å². The van der Waals surface area contributed by atoms with Crippen LogP contribution in [0.15, 0.2) is 135 Å². The van der Waals surface area contributed by atoms with Crippen molar-refractivity contribution in [2.24, 2.45) is 0 Å². The Morgan fingerprint density at radius 1 is 0.561 bits per heavy atom. The summed E-state index contributed by atoms with van der Waals surface area (Å²) in [5.41, 5.74) is 1.21. The number of hydrogen-bond donors (Lipinski definition) is 6. The summed E-state index contributed by atoms with van der Waals surface area (Å²) >= 11 is 13.4. The molecular weight excluding hydrogens is 1050 g/mol. The maximum atomic E-state index is 9.75. The molecule has 0 amide bonds. The van der Waals surface area contributed by atoms with E-state index >= 15 is 0 Å².